The van der Waals surface area contributed by atoms with Crippen LogP contribution < -0.4 is 0 Å². The number of aromatic nitrogens is 2. The molecule has 0 saturated heterocycles. The summed E-state index contributed by atoms with van der Waals surface area (Å²) in [5.41, 5.74) is 2.23. The molecular weight excluding hydrogens is 240 g/mol. The molecule has 0 aliphatic heterocycles. The van der Waals surface area contributed by atoms with Gasteiger partial charge in [0.05, 0.1) is 0 Å². The van der Waals surface area contributed by atoms with Crippen molar-refractivity contribution < 1.29 is 0 Å². The second-order valence-corrected chi connectivity index (χ2v) is 3.80. The van der Waals surface area contributed by atoms with E-state index in [2.05, 4.69) is 32.0 Å². The van der Waals surface area contributed by atoms with Crippen LogP contribution >= 0.6 is 15.9 Å². The van der Waals surface area contributed by atoms with Crippen molar-refractivity contribution in [1.82, 2.24) is 9.97 Å². The van der Waals surface area contributed by atoms with Crippen LogP contribution in [0, 0.1) is 0 Å². The fourth-order valence-corrected chi connectivity index (χ4v) is 1.64. The average Bonchev–Trinajstić information content (AvgIpc) is 2.19. The molecule has 14 heavy (non-hydrogen) atoms. The molecule has 0 unspecified atom stereocenters. The van der Waals surface area contributed by atoms with Crippen molar-refractivity contribution >= 4 is 15.9 Å². The summed E-state index contributed by atoms with van der Waals surface area (Å²) in [5, 5.41) is 0. The molecule has 2 aromatic heterocycles. The molecule has 0 aliphatic carbocycles. The molecule has 0 N–H and O–H groups in total. The van der Waals surface area contributed by atoms with Crippen LogP contribution in [-0.4, -0.2) is 9.97 Å². The maximum Gasteiger partial charge on any atom is 0.106 e. The van der Waals surface area contributed by atoms with E-state index in [4.69, 9.17) is 0 Å². The van der Waals surface area contributed by atoms with Gasteiger partial charge in [0.2, 0.25) is 0 Å². The van der Waals surface area contributed by atoms with Gasteiger partial charge in [0.25, 0.3) is 0 Å². The first kappa shape index (κ1) is 9.34. The highest BCUT2D eigenvalue weighted by Crippen LogP contribution is 2.10. The molecule has 0 bridgehead atoms. The molecule has 70 valence electrons. The highest BCUT2D eigenvalue weighted by molar-refractivity contribution is 9.10. The van der Waals surface area contributed by atoms with Crippen molar-refractivity contribution in [3.8, 4) is 0 Å². The number of hydrogen-bond donors (Lipinski definition) is 0. The number of pyridine rings is 2. The molecule has 0 fully saturated rings. The summed E-state index contributed by atoms with van der Waals surface area (Å²) in [6, 6.07) is 9.91. The first-order chi connectivity index (χ1) is 6.84. The molecule has 0 atom stereocenters. The fourth-order valence-electron chi connectivity index (χ4n) is 1.26. The Balaban J connectivity index is 2.19. The molecule has 0 aliphatic rings. The lowest BCUT2D eigenvalue weighted by molar-refractivity contribution is 1.04. The van der Waals surface area contributed by atoms with Crippen LogP contribution in [0.4, 0.5) is 0 Å². The number of halogens is 1. The summed E-state index contributed by atoms with van der Waals surface area (Å²) >= 11 is 3.35. The second kappa shape index (κ2) is 4.33. The first-order valence-electron chi connectivity index (χ1n) is 4.35. The largest absolute Gasteiger partial charge is 0.264 e. The Labute approximate surface area is 91.2 Å². The molecule has 0 spiro atoms. The van der Waals surface area contributed by atoms with Gasteiger partial charge in [0, 0.05) is 24.5 Å². The Morgan fingerprint density at radius 2 is 2.07 bits per heavy atom. The lowest BCUT2D eigenvalue weighted by Crippen LogP contribution is -1.92. The SMILES string of the molecule is Brc1cccc(Cc2cccnc2)n1. The van der Waals surface area contributed by atoms with Crippen molar-refractivity contribution in [1.29, 1.82) is 0 Å². The van der Waals surface area contributed by atoms with Crippen LogP contribution in [0.15, 0.2) is 47.3 Å². The van der Waals surface area contributed by atoms with Crippen LogP contribution in [0.1, 0.15) is 11.3 Å². The average molecular weight is 249 g/mol. The highest BCUT2D eigenvalue weighted by atomic mass is 79.9. The Hall–Kier alpha value is -1.22. The maximum absolute atomic E-state index is 4.36. The van der Waals surface area contributed by atoms with Crippen molar-refractivity contribution in [2.45, 2.75) is 6.42 Å². The molecule has 0 amide bonds. The molecule has 2 rings (SSSR count). The monoisotopic (exact) mass is 248 g/mol. The topological polar surface area (TPSA) is 25.8 Å². The van der Waals surface area contributed by atoms with Gasteiger partial charge in [-0.1, -0.05) is 12.1 Å². The number of hydrogen-bond acceptors (Lipinski definition) is 2. The summed E-state index contributed by atoms with van der Waals surface area (Å²) in [6.45, 7) is 0. The summed E-state index contributed by atoms with van der Waals surface area (Å²) in [4.78, 5) is 8.42. The van der Waals surface area contributed by atoms with E-state index in [0.717, 1.165) is 16.7 Å². The molecule has 0 radical (unpaired) electrons. The summed E-state index contributed by atoms with van der Waals surface area (Å²) in [7, 11) is 0. The van der Waals surface area contributed by atoms with Crippen molar-refractivity contribution in [3.05, 3.63) is 58.6 Å². The van der Waals surface area contributed by atoms with Crippen LogP contribution in [0.25, 0.3) is 0 Å². The van der Waals surface area contributed by atoms with E-state index in [1.165, 1.54) is 5.56 Å². The van der Waals surface area contributed by atoms with E-state index in [1.807, 2.05) is 30.5 Å². The zero-order valence-electron chi connectivity index (χ0n) is 7.52. The van der Waals surface area contributed by atoms with E-state index in [1.54, 1.807) is 6.20 Å². The predicted octanol–water partition coefficient (Wildman–Crippen LogP) is 2.83. The summed E-state index contributed by atoms with van der Waals surface area (Å²) < 4.78 is 0.874. The molecule has 3 heteroatoms. The van der Waals surface area contributed by atoms with Gasteiger partial charge in [0.15, 0.2) is 0 Å². The van der Waals surface area contributed by atoms with Gasteiger partial charge in [-0.2, -0.15) is 0 Å². The van der Waals surface area contributed by atoms with E-state index in [9.17, 15) is 0 Å². The number of rotatable bonds is 2. The predicted molar refractivity (Wildman–Crippen MR) is 59.0 cm³/mol. The number of nitrogens with zero attached hydrogens (tertiary/aromatic N) is 2. The molecule has 0 saturated carbocycles. The second-order valence-electron chi connectivity index (χ2n) is 2.99. The van der Waals surface area contributed by atoms with Crippen LogP contribution in [0.3, 0.4) is 0 Å². The molecule has 2 nitrogen and oxygen atoms in total. The Kier molecular flexibility index (Phi) is 2.89. The third-order valence-corrected chi connectivity index (χ3v) is 2.32. The minimum Gasteiger partial charge on any atom is -0.264 e. The van der Waals surface area contributed by atoms with Gasteiger partial charge in [-0.15, -0.1) is 0 Å². The van der Waals surface area contributed by atoms with E-state index < -0.39 is 0 Å². The molecule has 0 aromatic carbocycles. The summed E-state index contributed by atoms with van der Waals surface area (Å²) in [6.07, 6.45) is 4.47. The standard InChI is InChI=1S/C11H9BrN2/c12-11-5-1-4-10(14-11)7-9-3-2-6-13-8-9/h1-6,8H,7H2. The van der Waals surface area contributed by atoms with Crippen molar-refractivity contribution in [2.75, 3.05) is 0 Å². The zero-order valence-corrected chi connectivity index (χ0v) is 9.11. The minimum atomic E-state index is 0.827. The van der Waals surface area contributed by atoms with Crippen molar-refractivity contribution in [3.63, 3.8) is 0 Å². The van der Waals surface area contributed by atoms with Crippen LogP contribution in [-0.2, 0) is 6.42 Å². The Morgan fingerprint density at radius 1 is 1.14 bits per heavy atom. The maximum atomic E-state index is 4.36. The van der Waals surface area contributed by atoms with Gasteiger partial charge in [-0.05, 0) is 39.7 Å². The van der Waals surface area contributed by atoms with Gasteiger partial charge < -0.3 is 0 Å². The Morgan fingerprint density at radius 3 is 2.79 bits per heavy atom. The van der Waals surface area contributed by atoms with E-state index >= 15 is 0 Å². The third-order valence-electron chi connectivity index (χ3n) is 1.88. The zero-order chi connectivity index (χ0) is 9.80. The van der Waals surface area contributed by atoms with Crippen molar-refractivity contribution in [2.24, 2.45) is 0 Å². The lowest BCUT2D eigenvalue weighted by Gasteiger charge is -2.00. The molecule has 2 aromatic rings. The van der Waals surface area contributed by atoms with Crippen LogP contribution in [0.5, 0.6) is 0 Å². The third kappa shape index (κ3) is 2.39. The van der Waals surface area contributed by atoms with Gasteiger partial charge in [-0.3, -0.25) is 4.98 Å². The summed E-state index contributed by atoms with van der Waals surface area (Å²) in [5.74, 6) is 0. The molecule has 2 heterocycles. The first-order valence-corrected chi connectivity index (χ1v) is 5.14. The lowest BCUT2D eigenvalue weighted by atomic mass is 10.1. The highest BCUT2D eigenvalue weighted by Gasteiger charge is 1.97. The fraction of sp³-hybridized carbons (Fsp3) is 0.0909. The van der Waals surface area contributed by atoms with Crippen LogP contribution in [0.2, 0.25) is 0 Å². The van der Waals surface area contributed by atoms with Gasteiger partial charge in [0.1, 0.15) is 4.60 Å². The quantitative estimate of drug-likeness (QED) is 0.765. The van der Waals surface area contributed by atoms with Gasteiger partial charge >= 0.3 is 0 Å². The van der Waals surface area contributed by atoms with E-state index in [-0.39, 0.29) is 0 Å². The molecular formula is C11H9BrN2. The minimum absolute atomic E-state index is 0.827. The normalized spacial score (nSPS) is 10.1. The Bertz CT molecular complexity index is 415. The van der Waals surface area contributed by atoms with Gasteiger partial charge in [-0.25, -0.2) is 4.98 Å². The van der Waals surface area contributed by atoms with E-state index in [0.29, 0.717) is 0 Å². The smallest absolute Gasteiger partial charge is 0.106 e.